The molecule has 2 aliphatic rings. The molecule has 0 saturated carbocycles. The third kappa shape index (κ3) is 4.36. The number of nitrogens with one attached hydrogen (secondary N) is 1. The largest absolute Gasteiger partial charge is 0.356 e. The van der Waals surface area contributed by atoms with Crippen LogP contribution >= 0.6 is 11.3 Å². The van der Waals surface area contributed by atoms with Gasteiger partial charge in [0.1, 0.15) is 17.0 Å². The van der Waals surface area contributed by atoms with Gasteiger partial charge in [-0.2, -0.15) is 0 Å². The number of benzene rings is 1. The maximum atomic E-state index is 4.73. The van der Waals surface area contributed by atoms with Gasteiger partial charge in [-0.25, -0.2) is 9.97 Å². The summed E-state index contributed by atoms with van der Waals surface area (Å²) in [7, 11) is 0. The number of aromatic nitrogens is 2. The first-order valence-corrected chi connectivity index (χ1v) is 12.2. The molecule has 0 bridgehead atoms. The van der Waals surface area contributed by atoms with Crippen LogP contribution in [0.3, 0.4) is 0 Å². The second-order valence-corrected chi connectivity index (χ2v) is 9.43. The summed E-state index contributed by atoms with van der Waals surface area (Å²) >= 11 is 1.72. The van der Waals surface area contributed by atoms with Crippen molar-refractivity contribution in [2.75, 3.05) is 50.7 Å². The number of rotatable bonds is 7. The Morgan fingerprint density at radius 1 is 1.00 bits per heavy atom. The van der Waals surface area contributed by atoms with Crippen molar-refractivity contribution in [3.63, 3.8) is 0 Å². The molecule has 0 aliphatic carbocycles. The Balaban J connectivity index is 1.21. The van der Waals surface area contributed by atoms with Crippen LogP contribution in [-0.2, 0) is 0 Å². The Morgan fingerprint density at radius 2 is 1.80 bits per heavy atom. The Labute approximate surface area is 183 Å². The van der Waals surface area contributed by atoms with E-state index in [2.05, 4.69) is 55.8 Å². The van der Waals surface area contributed by atoms with E-state index in [9.17, 15) is 0 Å². The first-order chi connectivity index (χ1) is 14.9. The quantitative estimate of drug-likeness (QED) is 0.578. The highest BCUT2D eigenvalue weighted by Crippen LogP contribution is 2.38. The van der Waals surface area contributed by atoms with E-state index in [0.29, 0.717) is 0 Å². The van der Waals surface area contributed by atoms with Crippen LogP contribution in [0, 0.1) is 5.92 Å². The Hall–Kier alpha value is -2.02. The number of hydrogen-bond donors (Lipinski definition) is 1. The highest BCUT2D eigenvalue weighted by molar-refractivity contribution is 7.17. The fraction of sp³-hybridized carbons (Fsp3) is 0.500. The van der Waals surface area contributed by atoms with E-state index >= 15 is 0 Å². The number of hydrogen-bond acceptors (Lipinski definition) is 6. The van der Waals surface area contributed by atoms with Crippen LogP contribution in [0.4, 0.5) is 5.82 Å². The molecule has 1 aromatic carbocycles. The number of piperidine rings is 1. The molecule has 1 N–H and O–H groups in total. The number of likely N-dealkylation sites (tertiary alicyclic amines) is 1. The van der Waals surface area contributed by atoms with Crippen molar-refractivity contribution in [3.05, 3.63) is 42.0 Å². The molecule has 0 spiro atoms. The third-order valence-electron chi connectivity index (χ3n) is 6.59. The molecule has 30 heavy (non-hydrogen) atoms. The number of anilines is 1. The molecule has 4 heterocycles. The molecule has 2 aromatic heterocycles. The molecule has 2 fully saturated rings. The van der Waals surface area contributed by atoms with E-state index in [0.717, 1.165) is 42.7 Å². The first-order valence-electron chi connectivity index (χ1n) is 11.3. The molecule has 5 nitrogen and oxygen atoms in total. The summed E-state index contributed by atoms with van der Waals surface area (Å²) in [6, 6.07) is 10.6. The third-order valence-corrected chi connectivity index (χ3v) is 7.47. The summed E-state index contributed by atoms with van der Waals surface area (Å²) in [5, 5.41) is 7.16. The second-order valence-electron chi connectivity index (χ2n) is 8.58. The van der Waals surface area contributed by atoms with E-state index in [-0.39, 0.29) is 0 Å². The second kappa shape index (κ2) is 9.41. The standard InChI is InChI=1S/C24H31N5S/c1-2-6-20(7-3-1)21-17-30-24-22(21)23(26-18-27-24)29-13-8-19(9-14-29)16-25-10-15-28-11-4-5-12-28/h1-3,6-7,17-19,25H,4-5,8-16H2. The normalized spacial score (nSPS) is 18.5. The molecule has 0 unspecified atom stereocenters. The van der Waals surface area contributed by atoms with Gasteiger partial charge in [-0.05, 0) is 56.8 Å². The molecule has 6 heteroatoms. The Morgan fingerprint density at radius 3 is 2.60 bits per heavy atom. The predicted octanol–water partition coefficient (Wildman–Crippen LogP) is 4.26. The molecule has 2 aliphatic heterocycles. The van der Waals surface area contributed by atoms with E-state index in [1.54, 1.807) is 17.7 Å². The van der Waals surface area contributed by atoms with Gasteiger partial charge in [0.25, 0.3) is 0 Å². The summed E-state index contributed by atoms with van der Waals surface area (Å²) in [5.74, 6) is 1.88. The molecule has 158 valence electrons. The topological polar surface area (TPSA) is 44.3 Å². The number of thiophene rings is 1. The average Bonchev–Trinajstić information content (AvgIpc) is 3.48. The van der Waals surface area contributed by atoms with Gasteiger partial charge in [-0.3, -0.25) is 0 Å². The van der Waals surface area contributed by atoms with Crippen LogP contribution in [0.1, 0.15) is 25.7 Å². The van der Waals surface area contributed by atoms with Gasteiger partial charge in [0.05, 0.1) is 5.39 Å². The lowest BCUT2D eigenvalue weighted by atomic mass is 9.96. The fourth-order valence-electron chi connectivity index (χ4n) is 4.83. The maximum absolute atomic E-state index is 4.73. The van der Waals surface area contributed by atoms with Crippen molar-refractivity contribution in [2.45, 2.75) is 25.7 Å². The summed E-state index contributed by atoms with van der Waals surface area (Å²) in [6.07, 6.45) is 6.95. The lowest BCUT2D eigenvalue weighted by Gasteiger charge is -2.33. The molecule has 0 radical (unpaired) electrons. The molecular formula is C24H31N5S. The van der Waals surface area contributed by atoms with Crippen LogP contribution < -0.4 is 10.2 Å². The van der Waals surface area contributed by atoms with E-state index in [1.807, 2.05) is 0 Å². The SMILES string of the molecule is c1ccc(-c2csc3ncnc(N4CCC(CNCCN5CCCC5)CC4)c23)cc1. The van der Waals surface area contributed by atoms with Gasteiger partial charge in [0, 0.05) is 37.1 Å². The van der Waals surface area contributed by atoms with E-state index in [4.69, 9.17) is 4.98 Å². The average molecular weight is 422 g/mol. The molecule has 5 rings (SSSR count). The van der Waals surface area contributed by atoms with E-state index < -0.39 is 0 Å². The van der Waals surface area contributed by atoms with Crippen LogP contribution in [0.15, 0.2) is 42.0 Å². The zero-order valence-corrected chi connectivity index (χ0v) is 18.4. The van der Waals surface area contributed by atoms with Gasteiger partial charge >= 0.3 is 0 Å². The van der Waals surface area contributed by atoms with Gasteiger partial charge in [-0.1, -0.05) is 30.3 Å². The zero-order chi connectivity index (χ0) is 20.2. The van der Waals surface area contributed by atoms with Gasteiger partial charge < -0.3 is 15.1 Å². The monoisotopic (exact) mass is 421 g/mol. The minimum Gasteiger partial charge on any atom is -0.356 e. The lowest BCUT2D eigenvalue weighted by Crippen LogP contribution is -2.39. The molecule has 0 amide bonds. The highest BCUT2D eigenvalue weighted by Gasteiger charge is 2.23. The highest BCUT2D eigenvalue weighted by atomic mass is 32.1. The summed E-state index contributed by atoms with van der Waals surface area (Å²) in [6.45, 7) is 8.22. The van der Waals surface area contributed by atoms with Crippen molar-refractivity contribution < 1.29 is 0 Å². The minimum atomic E-state index is 0.772. The Bertz CT molecular complexity index is 943. The fourth-order valence-corrected chi connectivity index (χ4v) is 5.74. The predicted molar refractivity (Wildman–Crippen MR) is 126 cm³/mol. The van der Waals surface area contributed by atoms with Gasteiger partial charge in [0.15, 0.2) is 0 Å². The first kappa shape index (κ1) is 19.9. The maximum Gasteiger partial charge on any atom is 0.141 e. The number of nitrogens with zero attached hydrogens (tertiary/aromatic N) is 4. The van der Waals surface area contributed by atoms with E-state index in [1.165, 1.54) is 61.8 Å². The lowest BCUT2D eigenvalue weighted by molar-refractivity contribution is 0.321. The summed E-state index contributed by atoms with van der Waals surface area (Å²) in [4.78, 5) is 15.4. The van der Waals surface area contributed by atoms with Crippen LogP contribution in [0.25, 0.3) is 21.3 Å². The number of fused-ring (bicyclic) bond motifs is 1. The summed E-state index contributed by atoms with van der Waals surface area (Å²) in [5.41, 5.74) is 2.51. The van der Waals surface area contributed by atoms with Crippen molar-refractivity contribution >= 4 is 27.4 Å². The molecule has 2 saturated heterocycles. The smallest absolute Gasteiger partial charge is 0.141 e. The zero-order valence-electron chi connectivity index (χ0n) is 17.6. The Kier molecular flexibility index (Phi) is 6.25. The van der Waals surface area contributed by atoms with Crippen molar-refractivity contribution in [2.24, 2.45) is 5.92 Å². The van der Waals surface area contributed by atoms with Gasteiger partial charge in [0.2, 0.25) is 0 Å². The molecular weight excluding hydrogens is 390 g/mol. The van der Waals surface area contributed by atoms with Crippen LogP contribution in [0.5, 0.6) is 0 Å². The minimum absolute atomic E-state index is 0.772. The van der Waals surface area contributed by atoms with Crippen molar-refractivity contribution in [1.29, 1.82) is 0 Å². The van der Waals surface area contributed by atoms with Crippen molar-refractivity contribution in [1.82, 2.24) is 20.2 Å². The summed E-state index contributed by atoms with van der Waals surface area (Å²) < 4.78 is 0. The van der Waals surface area contributed by atoms with Crippen LogP contribution in [0.2, 0.25) is 0 Å². The molecule has 3 aromatic rings. The molecule has 0 atom stereocenters. The van der Waals surface area contributed by atoms with Crippen LogP contribution in [-0.4, -0.2) is 60.7 Å². The van der Waals surface area contributed by atoms with Crippen molar-refractivity contribution in [3.8, 4) is 11.1 Å². The van der Waals surface area contributed by atoms with Gasteiger partial charge in [-0.15, -0.1) is 11.3 Å².